The van der Waals surface area contributed by atoms with Gasteiger partial charge in [0.25, 0.3) is 0 Å². The third-order valence-electron chi connectivity index (χ3n) is 4.98. The van der Waals surface area contributed by atoms with Crippen molar-refractivity contribution in [2.24, 2.45) is 0 Å². The fraction of sp³-hybridized carbons (Fsp3) is 0.391. The maximum absolute atomic E-state index is 13.4. The van der Waals surface area contributed by atoms with Gasteiger partial charge in [-0.1, -0.05) is 29.8 Å². The standard InChI is InChI=1S/C23H27ClO4S/c1-14-11-18(19(24)12-15(14)2)20(22(26)28-6)21(25)23(3,4)29-13-16-7-9-17(27-5)10-8-16/h7-12,20H,13H2,1-6H3. The van der Waals surface area contributed by atoms with Crippen molar-refractivity contribution in [3.8, 4) is 5.75 Å². The van der Waals surface area contributed by atoms with E-state index in [1.54, 1.807) is 19.2 Å². The first kappa shape index (κ1) is 23.3. The smallest absolute Gasteiger partial charge is 0.320 e. The van der Waals surface area contributed by atoms with Gasteiger partial charge in [-0.15, -0.1) is 11.8 Å². The summed E-state index contributed by atoms with van der Waals surface area (Å²) in [5, 5.41) is 0.396. The molecule has 0 saturated carbocycles. The lowest BCUT2D eigenvalue weighted by molar-refractivity contribution is -0.146. The van der Waals surface area contributed by atoms with Gasteiger partial charge in [-0.25, -0.2) is 0 Å². The monoisotopic (exact) mass is 434 g/mol. The van der Waals surface area contributed by atoms with E-state index in [1.165, 1.54) is 18.9 Å². The van der Waals surface area contributed by atoms with Crippen molar-refractivity contribution < 1.29 is 19.1 Å². The number of ether oxygens (including phenoxy) is 2. The Morgan fingerprint density at radius 1 is 1.07 bits per heavy atom. The van der Waals surface area contributed by atoms with Gasteiger partial charge in [0.2, 0.25) is 0 Å². The molecule has 0 N–H and O–H groups in total. The van der Waals surface area contributed by atoms with Crippen molar-refractivity contribution in [3.05, 3.63) is 63.7 Å². The number of carbonyl (C=O) groups excluding carboxylic acids is 2. The van der Waals surface area contributed by atoms with Crippen molar-refractivity contribution in [2.75, 3.05) is 14.2 Å². The fourth-order valence-electron chi connectivity index (χ4n) is 2.92. The quantitative estimate of drug-likeness (QED) is 0.405. The highest BCUT2D eigenvalue weighted by molar-refractivity contribution is 8.00. The molecule has 0 heterocycles. The van der Waals surface area contributed by atoms with Crippen LogP contribution in [0.3, 0.4) is 0 Å². The molecular weight excluding hydrogens is 408 g/mol. The van der Waals surface area contributed by atoms with Gasteiger partial charge in [-0.3, -0.25) is 9.59 Å². The fourth-order valence-corrected chi connectivity index (χ4v) is 4.23. The lowest BCUT2D eigenvalue weighted by atomic mass is 9.87. The van der Waals surface area contributed by atoms with Crippen LogP contribution in [0.15, 0.2) is 36.4 Å². The Morgan fingerprint density at radius 2 is 1.66 bits per heavy atom. The molecule has 2 aromatic rings. The molecule has 4 nitrogen and oxygen atoms in total. The summed E-state index contributed by atoms with van der Waals surface area (Å²) in [5.41, 5.74) is 3.53. The van der Waals surface area contributed by atoms with Crippen LogP contribution >= 0.6 is 23.4 Å². The predicted octanol–water partition coefficient (Wildman–Crippen LogP) is 5.50. The molecule has 0 saturated heterocycles. The number of benzene rings is 2. The summed E-state index contributed by atoms with van der Waals surface area (Å²) in [7, 11) is 2.91. The highest BCUT2D eigenvalue weighted by Gasteiger charge is 2.40. The van der Waals surface area contributed by atoms with Gasteiger partial charge < -0.3 is 9.47 Å². The first-order valence-corrected chi connectivity index (χ1v) is 10.6. The van der Waals surface area contributed by atoms with Gasteiger partial charge in [0.1, 0.15) is 11.7 Å². The van der Waals surface area contributed by atoms with Crippen LogP contribution in [-0.4, -0.2) is 30.7 Å². The van der Waals surface area contributed by atoms with Crippen molar-refractivity contribution in [3.63, 3.8) is 0 Å². The third kappa shape index (κ3) is 5.55. The zero-order chi connectivity index (χ0) is 21.8. The first-order chi connectivity index (χ1) is 13.6. The van der Waals surface area contributed by atoms with E-state index >= 15 is 0 Å². The van der Waals surface area contributed by atoms with Crippen LogP contribution in [0.25, 0.3) is 0 Å². The maximum atomic E-state index is 13.4. The average molecular weight is 435 g/mol. The number of aryl methyl sites for hydroxylation is 2. The van der Waals surface area contributed by atoms with E-state index in [9.17, 15) is 9.59 Å². The molecule has 6 heteroatoms. The molecule has 156 valence electrons. The minimum absolute atomic E-state index is 0.229. The topological polar surface area (TPSA) is 52.6 Å². The minimum Gasteiger partial charge on any atom is -0.497 e. The van der Waals surface area contributed by atoms with Crippen LogP contribution in [-0.2, 0) is 20.1 Å². The Morgan fingerprint density at radius 3 is 2.21 bits per heavy atom. The van der Waals surface area contributed by atoms with Crippen molar-refractivity contribution >= 4 is 35.1 Å². The largest absolute Gasteiger partial charge is 0.497 e. The van der Waals surface area contributed by atoms with Crippen LogP contribution in [0.2, 0.25) is 5.02 Å². The molecule has 0 fully saturated rings. The molecule has 0 radical (unpaired) electrons. The van der Waals surface area contributed by atoms with Gasteiger partial charge in [-0.05, 0) is 68.1 Å². The lowest BCUT2D eigenvalue weighted by Crippen LogP contribution is -2.37. The lowest BCUT2D eigenvalue weighted by Gasteiger charge is -2.27. The minimum atomic E-state index is -1.06. The normalized spacial score (nSPS) is 12.4. The zero-order valence-electron chi connectivity index (χ0n) is 17.7. The molecule has 1 unspecified atom stereocenters. The second-order valence-electron chi connectivity index (χ2n) is 7.43. The van der Waals surface area contributed by atoms with Crippen molar-refractivity contribution in [2.45, 2.75) is 44.1 Å². The summed E-state index contributed by atoms with van der Waals surface area (Å²) in [4.78, 5) is 26.0. The first-order valence-electron chi connectivity index (χ1n) is 9.26. The number of thioether (sulfide) groups is 1. The summed E-state index contributed by atoms with van der Waals surface area (Å²) < 4.78 is 9.31. The molecule has 2 aromatic carbocycles. The number of rotatable bonds is 8. The summed E-state index contributed by atoms with van der Waals surface area (Å²) in [5.74, 6) is -0.488. The third-order valence-corrected chi connectivity index (χ3v) is 6.70. The summed E-state index contributed by atoms with van der Waals surface area (Å²) in [6, 6.07) is 11.3. The molecule has 29 heavy (non-hydrogen) atoms. The summed E-state index contributed by atoms with van der Waals surface area (Å²) in [6.07, 6.45) is 0. The number of hydrogen-bond acceptors (Lipinski definition) is 5. The second kappa shape index (κ2) is 9.68. The Hall–Kier alpha value is -1.98. The van der Waals surface area contributed by atoms with Crippen molar-refractivity contribution in [1.82, 2.24) is 0 Å². The molecule has 0 amide bonds. The van der Waals surface area contributed by atoms with E-state index in [2.05, 4.69) is 0 Å². The zero-order valence-corrected chi connectivity index (χ0v) is 19.2. The van der Waals surface area contributed by atoms with E-state index in [-0.39, 0.29) is 5.78 Å². The number of methoxy groups -OCH3 is 2. The van der Waals surface area contributed by atoms with Crippen LogP contribution in [0.5, 0.6) is 5.75 Å². The van der Waals surface area contributed by atoms with E-state index < -0.39 is 16.6 Å². The average Bonchev–Trinajstić information content (AvgIpc) is 2.70. The van der Waals surface area contributed by atoms with Gasteiger partial charge >= 0.3 is 5.97 Å². The molecule has 0 bridgehead atoms. The predicted molar refractivity (Wildman–Crippen MR) is 119 cm³/mol. The van der Waals surface area contributed by atoms with Crippen molar-refractivity contribution in [1.29, 1.82) is 0 Å². The maximum Gasteiger partial charge on any atom is 0.320 e. The Balaban J connectivity index is 2.29. The Bertz CT molecular complexity index is 890. The Labute approximate surface area is 181 Å². The molecule has 0 aliphatic heterocycles. The van der Waals surface area contributed by atoms with Crippen LogP contribution in [0.1, 0.15) is 42.0 Å². The molecule has 0 aliphatic carbocycles. The number of halogens is 1. The summed E-state index contributed by atoms with van der Waals surface area (Å²) >= 11 is 7.89. The molecule has 0 spiro atoms. The van der Waals surface area contributed by atoms with E-state index in [1.807, 2.05) is 52.0 Å². The number of carbonyl (C=O) groups is 2. The van der Waals surface area contributed by atoms with Gasteiger partial charge in [0.15, 0.2) is 5.78 Å². The highest BCUT2D eigenvalue weighted by Crippen LogP contribution is 2.38. The summed E-state index contributed by atoms with van der Waals surface area (Å²) in [6.45, 7) is 7.52. The molecule has 0 aromatic heterocycles. The van der Waals surface area contributed by atoms with E-state index in [4.69, 9.17) is 21.1 Å². The molecular formula is C23H27ClO4S. The van der Waals surface area contributed by atoms with E-state index in [0.717, 1.165) is 22.4 Å². The molecule has 1 atom stereocenters. The van der Waals surface area contributed by atoms with E-state index in [0.29, 0.717) is 16.3 Å². The molecule has 2 rings (SSSR count). The van der Waals surface area contributed by atoms with Gasteiger partial charge in [0, 0.05) is 10.8 Å². The number of esters is 1. The van der Waals surface area contributed by atoms with Crippen LogP contribution in [0.4, 0.5) is 0 Å². The Kier molecular flexibility index (Phi) is 7.78. The highest BCUT2D eigenvalue weighted by atomic mass is 35.5. The van der Waals surface area contributed by atoms with Gasteiger partial charge in [-0.2, -0.15) is 0 Å². The number of ketones is 1. The number of Topliss-reactive ketones (excluding diaryl/α,β-unsaturated/α-hetero) is 1. The second-order valence-corrected chi connectivity index (χ2v) is 9.43. The SMILES string of the molecule is COC(=O)C(C(=O)C(C)(C)SCc1ccc(OC)cc1)c1cc(C)c(C)cc1Cl. The van der Waals surface area contributed by atoms with Crippen LogP contribution in [0, 0.1) is 13.8 Å². The van der Waals surface area contributed by atoms with Gasteiger partial charge in [0.05, 0.1) is 19.0 Å². The number of hydrogen-bond donors (Lipinski definition) is 0. The van der Waals surface area contributed by atoms with Crippen LogP contribution < -0.4 is 4.74 Å². The molecule has 0 aliphatic rings.